The minimum atomic E-state index is -0.631. The molecule has 76 valence electrons. The highest BCUT2D eigenvalue weighted by Gasteiger charge is 1.99. The van der Waals surface area contributed by atoms with Crippen molar-refractivity contribution in [3.05, 3.63) is 66.5 Å². The molecule has 1 nitrogen and oxygen atoms in total. The Hall–Kier alpha value is -2.15. The van der Waals surface area contributed by atoms with Crippen molar-refractivity contribution >= 4 is 10.9 Å². The van der Waals surface area contributed by atoms with Crippen molar-refractivity contribution < 1.29 is 15.1 Å². The van der Waals surface area contributed by atoms with Crippen LogP contribution in [0.15, 0.2) is 66.5 Å². The highest BCUT2D eigenvalue weighted by atomic mass is 14.7. The molecule has 0 aliphatic rings. The van der Waals surface area contributed by atoms with E-state index in [1.165, 1.54) is 0 Å². The molecule has 3 aromatic rings. The molecule has 0 amide bonds. The molecule has 0 saturated carbocycles. The highest BCUT2D eigenvalue weighted by Crippen LogP contribution is 2.20. The fourth-order valence-electron chi connectivity index (χ4n) is 1.23. The minimum Gasteiger partial charge on any atom is -0.248 e. The van der Waals surface area contributed by atoms with Crippen molar-refractivity contribution in [2.75, 3.05) is 0 Å². The van der Waals surface area contributed by atoms with Crippen LogP contribution in [0.5, 0.6) is 0 Å². The molecule has 0 radical (unpaired) electrons. The molecule has 0 bridgehead atoms. The molecule has 0 spiro atoms. The van der Waals surface area contributed by atoms with Crippen LogP contribution in [0.2, 0.25) is 0 Å². The molecule has 0 fully saturated rings. The second kappa shape index (κ2) is 3.78. The second-order valence-corrected chi connectivity index (χ2v) is 2.93. The Bertz CT molecular complexity index is 1110. The largest absolute Gasteiger partial charge is 0.248 e. The van der Waals surface area contributed by atoms with E-state index in [-0.39, 0.29) is 10.9 Å². The van der Waals surface area contributed by atoms with Gasteiger partial charge in [0.05, 0.1) is 26.3 Å². The Morgan fingerprint density at radius 1 is 0.750 bits per heavy atom. The summed E-state index contributed by atoms with van der Waals surface area (Å²) in [5.41, 5.74) is -1.10. The molecule has 0 atom stereocenters. The van der Waals surface area contributed by atoms with Gasteiger partial charge in [0.2, 0.25) is 0 Å². The van der Waals surface area contributed by atoms with Gasteiger partial charge in [0.25, 0.3) is 0 Å². The van der Waals surface area contributed by atoms with E-state index in [4.69, 9.17) is 15.1 Å². The van der Waals surface area contributed by atoms with Crippen molar-refractivity contribution in [3.8, 4) is 11.3 Å². The van der Waals surface area contributed by atoms with E-state index in [9.17, 15) is 0 Å². The Labute approximate surface area is 110 Å². The number of rotatable bonds is 1. The number of pyridine rings is 1. The molecule has 0 N–H and O–H groups in total. The van der Waals surface area contributed by atoms with E-state index in [1.54, 1.807) is 0 Å². The highest BCUT2D eigenvalue weighted by molar-refractivity contribution is 5.81. The fourth-order valence-corrected chi connectivity index (χ4v) is 1.23. The quantitative estimate of drug-likeness (QED) is 0.601. The fraction of sp³-hybridized carbons (Fsp3) is 0. The Morgan fingerprint density at radius 3 is 2.38 bits per heavy atom. The molecule has 0 saturated heterocycles. The zero-order chi connectivity index (χ0) is 20.4. The summed E-state index contributed by atoms with van der Waals surface area (Å²) < 4.78 is 86.8. The first-order valence-corrected chi connectivity index (χ1v) is 4.45. The average molecular weight is 216 g/mol. The summed E-state index contributed by atoms with van der Waals surface area (Å²) in [6, 6.07) is -6.46. The van der Waals surface area contributed by atoms with Gasteiger partial charge in [0.15, 0.2) is 0 Å². The van der Waals surface area contributed by atoms with Gasteiger partial charge in [-0.3, -0.25) is 0 Å². The number of benzene rings is 2. The maximum Gasteiger partial charge on any atom is 0.0709 e. The van der Waals surface area contributed by atoms with Crippen LogP contribution < -0.4 is 0 Å². The van der Waals surface area contributed by atoms with Crippen LogP contribution in [0.4, 0.5) is 0 Å². The summed E-state index contributed by atoms with van der Waals surface area (Å²) >= 11 is 0. The van der Waals surface area contributed by atoms with Crippen LogP contribution in [-0.4, -0.2) is 4.98 Å². The van der Waals surface area contributed by atoms with E-state index in [0.29, 0.717) is 0 Å². The van der Waals surface area contributed by atoms with Crippen LogP contribution in [0.25, 0.3) is 22.2 Å². The number of fused-ring (bicyclic) bond motifs is 1. The third-order valence-electron chi connectivity index (χ3n) is 1.93. The second-order valence-electron chi connectivity index (χ2n) is 2.93. The number of hydrogen-bond acceptors (Lipinski definition) is 1. The van der Waals surface area contributed by atoms with Crippen LogP contribution >= 0.6 is 0 Å². The molecule has 1 heteroatoms. The molecule has 0 aliphatic carbocycles. The molecule has 1 heterocycles. The van der Waals surface area contributed by atoms with Gasteiger partial charge < -0.3 is 0 Å². The summed E-state index contributed by atoms with van der Waals surface area (Å²) in [6.07, 6.45) is 0. The lowest BCUT2D eigenvalue weighted by atomic mass is 10.1. The molecular weight excluding hydrogens is 194 g/mol. The Balaban J connectivity index is 2.55. The molecule has 2 aromatic carbocycles. The summed E-state index contributed by atoms with van der Waals surface area (Å²) in [5, 5.41) is -0.262. The van der Waals surface area contributed by atoms with Gasteiger partial charge in [-0.2, -0.15) is 0 Å². The number of nitrogens with zero attached hydrogens (tertiary/aromatic N) is 1. The van der Waals surface area contributed by atoms with Crippen LogP contribution in [0, 0.1) is 0 Å². The normalized spacial score (nSPS) is 20.1. The predicted octanol–water partition coefficient (Wildman–Crippen LogP) is 3.90. The van der Waals surface area contributed by atoms with E-state index in [2.05, 4.69) is 4.98 Å². The van der Waals surface area contributed by atoms with E-state index in [0.717, 1.165) is 0 Å². The van der Waals surface area contributed by atoms with Gasteiger partial charge in [-0.25, -0.2) is 4.98 Å². The minimum absolute atomic E-state index is 0.262. The summed E-state index contributed by atoms with van der Waals surface area (Å²) in [4.78, 5) is 4.02. The van der Waals surface area contributed by atoms with Gasteiger partial charge in [-0.1, -0.05) is 54.4 Å². The first kappa shape index (κ1) is 3.17. The number of hydrogen-bond donors (Lipinski definition) is 0. The summed E-state index contributed by atoms with van der Waals surface area (Å²) in [7, 11) is 0. The SMILES string of the molecule is [2H]c1c([2H])c([2H])c(-c2nc3c([2H])c([2H])c([2H])c([2H])c3c([2H])c2[2H])c([2H])c1[2H]. The van der Waals surface area contributed by atoms with Crippen molar-refractivity contribution in [1.82, 2.24) is 4.98 Å². The zero-order valence-electron chi connectivity index (χ0n) is 18.9. The van der Waals surface area contributed by atoms with Crippen LogP contribution in [-0.2, 0) is 0 Å². The van der Waals surface area contributed by atoms with Crippen molar-refractivity contribution in [3.63, 3.8) is 0 Å². The van der Waals surface area contributed by atoms with Crippen LogP contribution in [0.1, 0.15) is 15.1 Å². The molecule has 0 unspecified atom stereocenters. The maximum absolute atomic E-state index is 8.16. The Kier molecular flexibility index (Phi) is 0.749. The first-order chi connectivity index (χ1) is 12.5. The average Bonchev–Trinajstić information content (AvgIpc) is 2.64. The number of aromatic nitrogens is 1. The van der Waals surface area contributed by atoms with Gasteiger partial charge in [0, 0.05) is 10.9 Å². The first-order valence-electron chi connectivity index (χ1n) is 9.95. The smallest absolute Gasteiger partial charge is 0.0709 e. The Morgan fingerprint density at radius 2 is 1.50 bits per heavy atom. The molecule has 1 aromatic heterocycles. The topological polar surface area (TPSA) is 12.9 Å². The molecule has 16 heavy (non-hydrogen) atoms. The predicted molar refractivity (Wildman–Crippen MR) is 67.2 cm³/mol. The van der Waals surface area contributed by atoms with E-state index in [1.807, 2.05) is 0 Å². The summed E-state index contributed by atoms with van der Waals surface area (Å²) in [6.45, 7) is 0. The summed E-state index contributed by atoms with van der Waals surface area (Å²) in [5.74, 6) is 0. The molecule has 3 rings (SSSR count). The lowest BCUT2D eigenvalue weighted by Gasteiger charge is -2.02. The van der Waals surface area contributed by atoms with Crippen molar-refractivity contribution in [1.29, 1.82) is 0 Å². The monoisotopic (exact) mass is 216 g/mol. The van der Waals surface area contributed by atoms with Crippen molar-refractivity contribution in [2.45, 2.75) is 0 Å². The lowest BCUT2D eigenvalue weighted by Crippen LogP contribution is -1.84. The standard InChI is InChI=1S/C15H11N/c1-2-6-12(7-3-1)15-11-10-13-8-4-5-9-14(13)16-15/h1-11H/i1D,2D,3D,4D,5D,6D,7D,8D,9D,10D,11D. The maximum atomic E-state index is 8.16. The molecular formula is C15H11N. The van der Waals surface area contributed by atoms with Crippen molar-refractivity contribution in [2.24, 2.45) is 0 Å². The number of para-hydroxylation sites is 1. The van der Waals surface area contributed by atoms with Gasteiger partial charge >= 0.3 is 0 Å². The van der Waals surface area contributed by atoms with E-state index < -0.39 is 77.7 Å². The van der Waals surface area contributed by atoms with E-state index >= 15 is 0 Å². The lowest BCUT2D eigenvalue weighted by molar-refractivity contribution is 1.40. The van der Waals surface area contributed by atoms with Crippen LogP contribution in [0.3, 0.4) is 0 Å². The zero-order valence-corrected chi connectivity index (χ0v) is 7.95. The van der Waals surface area contributed by atoms with Gasteiger partial charge in [-0.15, -0.1) is 0 Å². The molecule has 0 aliphatic heterocycles. The third kappa shape index (κ3) is 1.57. The third-order valence-corrected chi connectivity index (χ3v) is 1.93. The van der Waals surface area contributed by atoms with Gasteiger partial charge in [0.1, 0.15) is 0 Å². The van der Waals surface area contributed by atoms with Gasteiger partial charge in [-0.05, 0) is 12.1 Å².